The second kappa shape index (κ2) is 6.81. The van der Waals surface area contributed by atoms with Gasteiger partial charge in [-0.25, -0.2) is 9.78 Å². The third kappa shape index (κ3) is 3.76. The number of nitrogens with one attached hydrogen (secondary N) is 2. The first-order chi connectivity index (χ1) is 10.1. The molecule has 2 amide bonds. The summed E-state index contributed by atoms with van der Waals surface area (Å²) >= 11 is 5.87. The molecule has 0 spiro atoms. The van der Waals surface area contributed by atoms with Gasteiger partial charge in [0.05, 0.1) is 19.9 Å². The number of benzene rings is 1. The van der Waals surface area contributed by atoms with Gasteiger partial charge in [-0.05, 0) is 24.3 Å². The van der Waals surface area contributed by atoms with Crippen LogP contribution in [0.2, 0.25) is 5.15 Å². The summed E-state index contributed by atoms with van der Waals surface area (Å²) in [5.41, 5.74) is 0.988. The van der Waals surface area contributed by atoms with Crippen molar-refractivity contribution in [1.82, 2.24) is 4.98 Å². The highest BCUT2D eigenvalue weighted by Gasteiger charge is 2.09. The maximum atomic E-state index is 11.9. The molecule has 7 heteroatoms. The molecule has 6 nitrogen and oxygen atoms in total. The van der Waals surface area contributed by atoms with E-state index >= 15 is 0 Å². The number of pyridine rings is 1. The zero-order chi connectivity index (χ0) is 15.2. The summed E-state index contributed by atoms with van der Waals surface area (Å²) in [5.74, 6) is 1.11. The quantitative estimate of drug-likeness (QED) is 0.849. The molecule has 0 bridgehead atoms. The Hall–Kier alpha value is -2.47. The standard InChI is InChI=1S/C14H14ClN3O3/c1-20-11-6-5-9(8-12(11)21-2)17-14(19)18-10-4-3-7-16-13(10)15/h3-8H,1-2H3,(H2,17,18,19). The van der Waals surface area contributed by atoms with Crippen molar-refractivity contribution in [2.24, 2.45) is 0 Å². The highest BCUT2D eigenvalue weighted by molar-refractivity contribution is 6.32. The first-order valence-corrected chi connectivity index (χ1v) is 6.42. The normalized spacial score (nSPS) is 9.86. The summed E-state index contributed by atoms with van der Waals surface area (Å²) < 4.78 is 10.3. The van der Waals surface area contributed by atoms with Crippen molar-refractivity contribution < 1.29 is 14.3 Å². The van der Waals surface area contributed by atoms with Crippen molar-refractivity contribution in [2.45, 2.75) is 0 Å². The van der Waals surface area contributed by atoms with Crippen LogP contribution in [0.1, 0.15) is 0 Å². The highest BCUT2D eigenvalue weighted by atomic mass is 35.5. The Morgan fingerprint density at radius 2 is 1.90 bits per heavy atom. The van der Waals surface area contributed by atoms with Crippen LogP contribution in [0.3, 0.4) is 0 Å². The molecule has 1 aromatic heterocycles. The van der Waals surface area contributed by atoms with Gasteiger partial charge in [0.15, 0.2) is 16.7 Å². The summed E-state index contributed by atoms with van der Waals surface area (Å²) in [6, 6.07) is 7.96. The van der Waals surface area contributed by atoms with E-state index in [0.29, 0.717) is 22.9 Å². The Morgan fingerprint density at radius 3 is 2.57 bits per heavy atom. The summed E-state index contributed by atoms with van der Waals surface area (Å²) in [4.78, 5) is 15.8. The number of amides is 2. The zero-order valence-electron chi connectivity index (χ0n) is 11.5. The number of nitrogens with zero attached hydrogens (tertiary/aromatic N) is 1. The van der Waals surface area contributed by atoms with Gasteiger partial charge in [0.1, 0.15) is 0 Å². The molecule has 0 saturated carbocycles. The molecule has 1 aromatic carbocycles. The number of aromatic nitrogens is 1. The van der Waals surface area contributed by atoms with E-state index in [2.05, 4.69) is 15.6 Å². The van der Waals surface area contributed by atoms with Crippen molar-refractivity contribution in [3.63, 3.8) is 0 Å². The number of carbonyl (C=O) groups is 1. The summed E-state index contributed by atoms with van der Waals surface area (Å²) in [7, 11) is 3.07. The minimum absolute atomic E-state index is 0.222. The van der Waals surface area contributed by atoms with Gasteiger partial charge in [0.2, 0.25) is 0 Å². The van der Waals surface area contributed by atoms with Gasteiger partial charge in [-0.15, -0.1) is 0 Å². The van der Waals surface area contributed by atoms with Crippen LogP contribution in [-0.2, 0) is 0 Å². The van der Waals surface area contributed by atoms with E-state index < -0.39 is 6.03 Å². The molecule has 0 fully saturated rings. The van der Waals surface area contributed by atoms with Gasteiger partial charge in [-0.3, -0.25) is 0 Å². The van der Waals surface area contributed by atoms with Gasteiger partial charge in [-0.1, -0.05) is 11.6 Å². The molecule has 21 heavy (non-hydrogen) atoms. The van der Waals surface area contributed by atoms with E-state index in [0.717, 1.165) is 0 Å². The van der Waals surface area contributed by atoms with Crippen LogP contribution in [0.25, 0.3) is 0 Å². The number of ether oxygens (including phenoxy) is 2. The Bertz CT molecular complexity index is 649. The van der Waals surface area contributed by atoms with E-state index in [1.807, 2.05) is 0 Å². The van der Waals surface area contributed by atoms with Crippen molar-refractivity contribution in [1.29, 1.82) is 0 Å². The number of hydrogen-bond acceptors (Lipinski definition) is 4. The average molecular weight is 308 g/mol. The van der Waals surface area contributed by atoms with Gasteiger partial charge in [0, 0.05) is 18.0 Å². The summed E-state index contributed by atoms with van der Waals surface area (Å²) in [6.07, 6.45) is 1.54. The highest BCUT2D eigenvalue weighted by Crippen LogP contribution is 2.29. The fraction of sp³-hybridized carbons (Fsp3) is 0.143. The number of carbonyl (C=O) groups excluding carboxylic acids is 1. The molecule has 0 atom stereocenters. The smallest absolute Gasteiger partial charge is 0.323 e. The first-order valence-electron chi connectivity index (χ1n) is 6.04. The van der Waals surface area contributed by atoms with Crippen LogP contribution < -0.4 is 20.1 Å². The third-order valence-electron chi connectivity index (χ3n) is 2.65. The maximum absolute atomic E-state index is 11.9. The Kier molecular flexibility index (Phi) is 4.84. The molecule has 0 saturated heterocycles. The molecule has 0 unspecified atom stereocenters. The molecule has 110 valence electrons. The monoisotopic (exact) mass is 307 g/mol. The van der Waals surface area contributed by atoms with Gasteiger partial charge < -0.3 is 20.1 Å². The molecular weight excluding hydrogens is 294 g/mol. The number of rotatable bonds is 4. The molecule has 1 heterocycles. The molecule has 2 aromatic rings. The number of halogens is 1. The Balaban J connectivity index is 2.08. The van der Waals surface area contributed by atoms with Crippen LogP contribution in [0, 0.1) is 0 Å². The number of anilines is 2. The third-order valence-corrected chi connectivity index (χ3v) is 2.95. The van der Waals surface area contributed by atoms with Crippen LogP contribution in [0.15, 0.2) is 36.5 Å². The van der Waals surface area contributed by atoms with Gasteiger partial charge in [-0.2, -0.15) is 0 Å². The fourth-order valence-electron chi connectivity index (χ4n) is 1.68. The average Bonchev–Trinajstić information content (AvgIpc) is 2.49. The molecule has 0 aliphatic heterocycles. The maximum Gasteiger partial charge on any atom is 0.323 e. The Labute approximate surface area is 127 Å². The molecule has 0 radical (unpaired) electrons. The van der Waals surface area contributed by atoms with Gasteiger partial charge in [0.25, 0.3) is 0 Å². The second-order valence-electron chi connectivity index (χ2n) is 3.99. The molecule has 2 rings (SSSR count). The van der Waals surface area contributed by atoms with Crippen LogP contribution in [0.5, 0.6) is 11.5 Å². The van der Waals surface area contributed by atoms with E-state index in [4.69, 9.17) is 21.1 Å². The second-order valence-corrected chi connectivity index (χ2v) is 4.35. The summed E-state index contributed by atoms with van der Waals surface area (Å²) in [5, 5.41) is 5.50. The first kappa shape index (κ1) is 14.9. The lowest BCUT2D eigenvalue weighted by Crippen LogP contribution is -2.19. The predicted molar refractivity (Wildman–Crippen MR) is 81.4 cm³/mol. The lowest BCUT2D eigenvalue weighted by Gasteiger charge is -2.11. The fourth-order valence-corrected chi connectivity index (χ4v) is 1.84. The van der Waals surface area contributed by atoms with Crippen molar-refractivity contribution in [3.05, 3.63) is 41.7 Å². The minimum atomic E-state index is -0.433. The largest absolute Gasteiger partial charge is 0.493 e. The lowest BCUT2D eigenvalue weighted by atomic mass is 10.3. The van der Waals surface area contributed by atoms with Crippen LogP contribution >= 0.6 is 11.6 Å². The number of hydrogen-bond donors (Lipinski definition) is 2. The Morgan fingerprint density at radius 1 is 1.14 bits per heavy atom. The van der Waals surface area contributed by atoms with Gasteiger partial charge >= 0.3 is 6.03 Å². The number of methoxy groups -OCH3 is 2. The molecule has 0 aliphatic rings. The van der Waals surface area contributed by atoms with Crippen molar-refractivity contribution >= 4 is 29.0 Å². The van der Waals surface area contributed by atoms with Crippen molar-refractivity contribution in [2.75, 3.05) is 24.9 Å². The van der Waals surface area contributed by atoms with E-state index in [1.54, 1.807) is 43.6 Å². The van der Waals surface area contributed by atoms with Crippen LogP contribution in [-0.4, -0.2) is 25.2 Å². The topological polar surface area (TPSA) is 72.5 Å². The molecular formula is C14H14ClN3O3. The molecule has 2 N–H and O–H groups in total. The lowest BCUT2D eigenvalue weighted by molar-refractivity contribution is 0.262. The predicted octanol–water partition coefficient (Wildman–Crippen LogP) is 3.40. The number of urea groups is 1. The molecule has 0 aliphatic carbocycles. The van der Waals surface area contributed by atoms with E-state index in [-0.39, 0.29) is 5.15 Å². The SMILES string of the molecule is COc1ccc(NC(=O)Nc2cccnc2Cl)cc1OC. The summed E-state index contributed by atoms with van der Waals surface area (Å²) in [6.45, 7) is 0. The van der Waals surface area contributed by atoms with E-state index in [9.17, 15) is 4.79 Å². The zero-order valence-corrected chi connectivity index (χ0v) is 12.3. The van der Waals surface area contributed by atoms with Crippen LogP contribution in [0.4, 0.5) is 16.2 Å². The van der Waals surface area contributed by atoms with E-state index in [1.165, 1.54) is 7.11 Å². The minimum Gasteiger partial charge on any atom is -0.493 e. The van der Waals surface area contributed by atoms with Crippen molar-refractivity contribution in [3.8, 4) is 11.5 Å².